The Kier molecular flexibility index (Phi) is 3.98. The summed E-state index contributed by atoms with van der Waals surface area (Å²) in [6.07, 6.45) is 10.5. The minimum atomic E-state index is 0.320. The highest BCUT2D eigenvalue weighted by atomic mass is 16.5. The smallest absolute Gasteiger partial charge is 0.0615 e. The van der Waals surface area contributed by atoms with Gasteiger partial charge in [0, 0.05) is 0 Å². The Morgan fingerprint density at radius 3 is 2.65 bits per heavy atom. The second-order valence-corrected chi connectivity index (χ2v) is 7.08. The lowest BCUT2D eigenvalue weighted by Gasteiger charge is -2.32. The van der Waals surface area contributed by atoms with Crippen LogP contribution in [-0.2, 0) is 4.74 Å². The van der Waals surface area contributed by atoms with Crippen LogP contribution in [0.1, 0.15) is 45.1 Å². The van der Waals surface area contributed by atoms with Crippen molar-refractivity contribution in [2.24, 2.45) is 17.3 Å². The van der Waals surface area contributed by atoms with E-state index in [1.165, 1.54) is 31.2 Å². The number of ether oxygens (including phenoxy) is 1. The third-order valence-electron chi connectivity index (χ3n) is 5.05. The van der Waals surface area contributed by atoms with Gasteiger partial charge in [0.05, 0.1) is 12.7 Å². The average Bonchev–Trinajstić information content (AvgIpc) is 2.64. The van der Waals surface area contributed by atoms with Crippen molar-refractivity contribution in [3.63, 3.8) is 0 Å². The quantitative estimate of drug-likeness (QED) is 0.740. The lowest BCUT2D eigenvalue weighted by atomic mass is 9.70. The summed E-state index contributed by atoms with van der Waals surface area (Å²) >= 11 is 0. The van der Waals surface area contributed by atoms with Gasteiger partial charge in [-0.1, -0.05) is 69.2 Å². The van der Waals surface area contributed by atoms with Crippen LogP contribution < -0.4 is 0 Å². The van der Waals surface area contributed by atoms with E-state index in [0.29, 0.717) is 23.4 Å². The largest absolute Gasteiger partial charge is 0.377 e. The van der Waals surface area contributed by atoms with Gasteiger partial charge in [-0.3, -0.25) is 0 Å². The molecular weight excluding hydrogens is 244 g/mol. The first kappa shape index (κ1) is 13.9. The summed E-state index contributed by atoms with van der Waals surface area (Å²) in [5.74, 6) is 1.35. The number of rotatable bonds is 2. The normalized spacial score (nSPS) is 33.0. The zero-order chi connectivity index (χ0) is 14.0. The number of allylic oxidation sites excluding steroid dienone is 1. The van der Waals surface area contributed by atoms with Crippen LogP contribution in [0.5, 0.6) is 0 Å². The van der Waals surface area contributed by atoms with Crippen LogP contribution in [0.25, 0.3) is 6.08 Å². The molecule has 1 aliphatic carbocycles. The van der Waals surface area contributed by atoms with Gasteiger partial charge >= 0.3 is 0 Å². The average molecular weight is 270 g/mol. The van der Waals surface area contributed by atoms with Crippen molar-refractivity contribution in [1.82, 2.24) is 0 Å². The molecule has 2 fully saturated rings. The standard InChI is InChI=1S/C19H26O/c1-19(2)14-20-17-11-7-6-10-16(18(17)19)13-12-15-8-4-3-5-9-15/h3-5,8-9,12-13,16-18H,6-7,10-11,14H2,1-2H3/b13-12+/t16-,17+,18-/m1/s1. The SMILES string of the molecule is CC1(C)CO[C@H]2CCCC[C@H](/C=C/c3ccccc3)[C@H]21. The van der Waals surface area contributed by atoms with E-state index >= 15 is 0 Å². The maximum absolute atomic E-state index is 6.10. The highest BCUT2D eigenvalue weighted by molar-refractivity contribution is 5.49. The molecular formula is C19H26O. The first-order valence-electron chi connectivity index (χ1n) is 8.02. The van der Waals surface area contributed by atoms with E-state index < -0.39 is 0 Å². The van der Waals surface area contributed by atoms with Crippen molar-refractivity contribution in [3.05, 3.63) is 42.0 Å². The fraction of sp³-hybridized carbons (Fsp3) is 0.579. The molecule has 1 aliphatic heterocycles. The predicted molar refractivity (Wildman–Crippen MR) is 84.4 cm³/mol. The molecule has 20 heavy (non-hydrogen) atoms. The summed E-state index contributed by atoms with van der Waals surface area (Å²) in [4.78, 5) is 0. The molecule has 1 heterocycles. The van der Waals surface area contributed by atoms with E-state index in [2.05, 4.69) is 56.3 Å². The van der Waals surface area contributed by atoms with Crippen molar-refractivity contribution >= 4 is 6.08 Å². The van der Waals surface area contributed by atoms with E-state index in [4.69, 9.17) is 4.74 Å². The molecule has 3 atom stereocenters. The van der Waals surface area contributed by atoms with Gasteiger partial charge in [-0.15, -0.1) is 0 Å². The molecule has 1 saturated heterocycles. The molecule has 0 unspecified atom stereocenters. The van der Waals surface area contributed by atoms with Crippen molar-refractivity contribution in [2.45, 2.75) is 45.6 Å². The molecule has 108 valence electrons. The van der Waals surface area contributed by atoms with Crippen LogP contribution in [0, 0.1) is 17.3 Å². The summed E-state index contributed by atoms with van der Waals surface area (Å²) in [5.41, 5.74) is 1.63. The minimum Gasteiger partial charge on any atom is -0.377 e. The minimum absolute atomic E-state index is 0.320. The van der Waals surface area contributed by atoms with Gasteiger partial charge in [-0.2, -0.15) is 0 Å². The van der Waals surface area contributed by atoms with Crippen LogP contribution in [-0.4, -0.2) is 12.7 Å². The van der Waals surface area contributed by atoms with Crippen molar-refractivity contribution in [1.29, 1.82) is 0 Å². The highest BCUT2D eigenvalue weighted by Gasteiger charge is 2.46. The number of benzene rings is 1. The van der Waals surface area contributed by atoms with Crippen LogP contribution in [0.2, 0.25) is 0 Å². The summed E-state index contributed by atoms with van der Waals surface area (Å²) in [5, 5.41) is 0. The molecule has 1 nitrogen and oxygen atoms in total. The van der Waals surface area contributed by atoms with Gasteiger partial charge in [0.25, 0.3) is 0 Å². The zero-order valence-corrected chi connectivity index (χ0v) is 12.7. The van der Waals surface area contributed by atoms with E-state index in [-0.39, 0.29) is 0 Å². The number of hydrogen-bond donors (Lipinski definition) is 0. The van der Waals surface area contributed by atoms with Crippen molar-refractivity contribution < 1.29 is 4.74 Å². The molecule has 0 aromatic heterocycles. The predicted octanol–water partition coefficient (Wildman–Crippen LogP) is 4.93. The molecule has 2 aliphatic rings. The van der Waals surface area contributed by atoms with Gasteiger partial charge in [0.15, 0.2) is 0 Å². The lowest BCUT2D eigenvalue weighted by molar-refractivity contribution is 0.0787. The molecule has 0 bridgehead atoms. The van der Waals surface area contributed by atoms with E-state index in [0.717, 1.165) is 6.61 Å². The first-order valence-corrected chi connectivity index (χ1v) is 8.02. The Labute approximate surface area is 123 Å². The third-order valence-corrected chi connectivity index (χ3v) is 5.05. The Morgan fingerprint density at radius 2 is 1.85 bits per heavy atom. The summed E-state index contributed by atoms with van der Waals surface area (Å²) in [7, 11) is 0. The molecule has 0 spiro atoms. The third kappa shape index (κ3) is 2.83. The Bertz CT molecular complexity index is 458. The van der Waals surface area contributed by atoms with Gasteiger partial charge in [-0.25, -0.2) is 0 Å². The first-order chi connectivity index (χ1) is 9.67. The molecule has 1 saturated carbocycles. The van der Waals surface area contributed by atoms with Crippen LogP contribution in [0.15, 0.2) is 36.4 Å². The van der Waals surface area contributed by atoms with Crippen molar-refractivity contribution in [3.8, 4) is 0 Å². The zero-order valence-electron chi connectivity index (χ0n) is 12.7. The maximum Gasteiger partial charge on any atom is 0.0615 e. The molecule has 3 rings (SSSR count). The number of hydrogen-bond acceptors (Lipinski definition) is 1. The Morgan fingerprint density at radius 1 is 1.10 bits per heavy atom. The summed E-state index contributed by atoms with van der Waals surface area (Å²) in [6.45, 7) is 5.69. The van der Waals surface area contributed by atoms with E-state index in [1.54, 1.807) is 0 Å². The van der Waals surface area contributed by atoms with Crippen LogP contribution in [0.3, 0.4) is 0 Å². The molecule has 1 heteroatoms. The topological polar surface area (TPSA) is 9.23 Å². The molecule has 0 N–H and O–H groups in total. The van der Waals surface area contributed by atoms with Gasteiger partial charge in [0.1, 0.15) is 0 Å². The van der Waals surface area contributed by atoms with Gasteiger partial charge in [0.2, 0.25) is 0 Å². The van der Waals surface area contributed by atoms with Crippen LogP contribution >= 0.6 is 0 Å². The fourth-order valence-electron chi connectivity index (χ4n) is 4.06. The second kappa shape index (κ2) is 5.73. The van der Waals surface area contributed by atoms with E-state index in [1.807, 2.05) is 0 Å². The Hall–Kier alpha value is -1.08. The van der Waals surface area contributed by atoms with Crippen LogP contribution in [0.4, 0.5) is 0 Å². The van der Waals surface area contributed by atoms with Crippen molar-refractivity contribution in [2.75, 3.05) is 6.61 Å². The maximum atomic E-state index is 6.10. The summed E-state index contributed by atoms with van der Waals surface area (Å²) < 4.78 is 6.10. The molecule has 1 aromatic carbocycles. The molecule has 0 amide bonds. The summed E-state index contributed by atoms with van der Waals surface area (Å²) in [6, 6.07) is 10.7. The molecule has 1 aromatic rings. The fourth-order valence-corrected chi connectivity index (χ4v) is 4.06. The molecule has 0 radical (unpaired) electrons. The lowest BCUT2D eigenvalue weighted by Crippen LogP contribution is -2.31. The Balaban J connectivity index is 1.81. The monoisotopic (exact) mass is 270 g/mol. The highest BCUT2D eigenvalue weighted by Crippen LogP contribution is 2.48. The second-order valence-electron chi connectivity index (χ2n) is 7.08. The number of fused-ring (bicyclic) bond motifs is 1. The van der Waals surface area contributed by atoms with E-state index in [9.17, 15) is 0 Å². The van der Waals surface area contributed by atoms with Gasteiger partial charge in [-0.05, 0) is 35.7 Å². The van der Waals surface area contributed by atoms with Gasteiger partial charge < -0.3 is 4.74 Å².